The number of sulfonamides is 1. The molecule has 174 valence electrons. The lowest BCUT2D eigenvalue weighted by Gasteiger charge is -2.34. The molecule has 33 heavy (non-hydrogen) atoms. The average Bonchev–Trinajstić information content (AvgIpc) is 2.82. The molecule has 1 N–H and O–H groups in total. The number of rotatable bonds is 5. The maximum absolute atomic E-state index is 13.3. The number of benzene rings is 2. The van der Waals surface area contributed by atoms with E-state index in [0.29, 0.717) is 30.1 Å². The first-order valence-electron chi connectivity index (χ1n) is 10.5. The second-order valence-electron chi connectivity index (χ2n) is 7.79. The van der Waals surface area contributed by atoms with Crippen molar-refractivity contribution in [3.63, 3.8) is 0 Å². The van der Waals surface area contributed by atoms with Gasteiger partial charge in [0.05, 0.1) is 17.7 Å². The Labute approximate surface area is 192 Å². The molecule has 2 aromatic carbocycles. The van der Waals surface area contributed by atoms with Gasteiger partial charge in [-0.15, -0.1) is 0 Å². The Kier molecular flexibility index (Phi) is 6.39. The highest BCUT2D eigenvalue weighted by atomic mass is 32.2. The van der Waals surface area contributed by atoms with E-state index in [2.05, 4.69) is 5.32 Å². The maximum atomic E-state index is 13.3. The van der Waals surface area contributed by atoms with E-state index in [1.54, 1.807) is 31.1 Å². The van der Waals surface area contributed by atoms with Crippen LogP contribution in [0.1, 0.15) is 11.1 Å². The minimum atomic E-state index is -3.78. The molecule has 2 heterocycles. The van der Waals surface area contributed by atoms with Gasteiger partial charge in [-0.2, -0.15) is 4.31 Å². The van der Waals surface area contributed by atoms with Gasteiger partial charge in [-0.25, -0.2) is 8.42 Å². The molecule has 9 nitrogen and oxygen atoms in total. The summed E-state index contributed by atoms with van der Waals surface area (Å²) in [7, 11) is -2.19. The van der Waals surface area contributed by atoms with Crippen molar-refractivity contribution in [2.24, 2.45) is 0 Å². The summed E-state index contributed by atoms with van der Waals surface area (Å²) in [6.07, 6.45) is 3.21. The van der Waals surface area contributed by atoms with Gasteiger partial charge in [0.25, 0.3) is 5.91 Å². The SMILES string of the molecule is COc1ccc(C=CC(=O)N2CCN(S(=O)(=O)c3cc4c(cc3C)NC(=O)CO4)CC2)cc1. The molecule has 0 atom stereocenters. The van der Waals surface area contributed by atoms with Crippen molar-refractivity contribution in [2.75, 3.05) is 45.2 Å². The van der Waals surface area contributed by atoms with Crippen LogP contribution < -0.4 is 14.8 Å². The Morgan fingerprint density at radius 3 is 2.48 bits per heavy atom. The number of piperazine rings is 1. The Bertz CT molecular complexity index is 1200. The van der Waals surface area contributed by atoms with Crippen molar-refractivity contribution in [3.8, 4) is 11.5 Å². The minimum absolute atomic E-state index is 0.136. The van der Waals surface area contributed by atoms with Crippen LogP contribution in [0, 0.1) is 6.92 Å². The van der Waals surface area contributed by atoms with E-state index in [4.69, 9.17) is 9.47 Å². The molecule has 10 heteroatoms. The summed E-state index contributed by atoms with van der Waals surface area (Å²) in [5, 5.41) is 2.68. The smallest absolute Gasteiger partial charge is 0.262 e. The van der Waals surface area contributed by atoms with Crippen molar-refractivity contribution < 1.29 is 27.5 Å². The number of nitrogens with one attached hydrogen (secondary N) is 1. The molecule has 0 aliphatic carbocycles. The molecule has 1 fully saturated rings. The summed E-state index contributed by atoms with van der Waals surface area (Å²) in [6, 6.07) is 10.4. The number of anilines is 1. The molecule has 2 aromatic rings. The van der Waals surface area contributed by atoms with Crippen LogP contribution in [0.15, 0.2) is 47.4 Å². The fourth-order valence-corrected chi connectivity index (χ4v) is 5.41. The van der Waals surface area contributed by atoms with E-state index >= 15 is 0 Å². The van der Waals surface area contributed by atoms with Crippen molar-refractivity contribution in [1.29, 1.82) is 0 Å². The first kappa shape index (κ1) is 22.8. The van der Waals surface area contributed by atoms with Crippen molar-refractivity contribution >= 4 is 33.6 Å². The fourth-order valence-electron chi connectivity index (χ4n) is 3.77. The second kappa shape index (κ2) is 9.24. The highest BCUT2D eigenvalue weighted by Gasteiger charge is 2.32. The number of methoxy groups -OCH3 is 1. The molecule has 2 aliphatic heterocycles. The molecule has 4 rings (SSSR count). The number of carbonyl (C=O) groups is 2. The van der Waals surface area contributed by atoms with Gasteiger partial charge >= 0.3 is 0 Å². The van der Waals surface area contributed by atoms with Gasteiger partial charge in [0, 0.05) is 38.3 Å². The van der Waals surface area contributed by atoms with E-state index in [1.807, 2.05) is 24.3 Å². The lowest BCUT2D eigenvalue weighted by atomic mass is 10.2. The number of hydrogen-bond donors (Lipinski definition) is 1. The highest BCUT2D eigenvalue weighted by molar-refractivity contribution is 7.89. The van der Waals surface area contributed by atoms with Crippen LogP contribution in [0.5, 0.6) is 11.5 Å². The zero-order valence-corrected chi connectivity index (χ0v) is 19.2. The molecule has 0 bridgehead atoms. The van der Waals surface area contributed by atoms with Gasteiger partial charge in [0.2, 0.25) is 15.9 Å². The van der Waals surface area contributed by atoms with Gasteiger partial charge in [0.15, 0.2) is 6.61 Å². The van der Waals surface area contributed by atoms with E-state index in [1.165, 1.54) is 16.4 Å². The van der Waals surface area contributed by atoms with Gasteiger partial charge in [-0.05, 0) is 42.3 Å². The fraction of sp³-hybridized carbons (Fsp3) is 0.304. The van der Waals surface area contributed by atoms with Crippen LogP contribution in [0.4, 0.5) is 5.69 Å². The van der Waals surface area contributed by atoms with E-state index in [9.17, 15) is 18.0 Å². The van der Waals surface area contributed by atoms with Crippen LogP contribution >= 0.6 is 0 Å². The van der Waals surface area contributed by atoms with Gasteiger partial charge in [0.1, 0.15) is 11.5 Å². The number of carbonyl (C=O) groups excluding carboxylic acids is 2. The van der Waals surface area contributed by atoms with Gasteiger partial charge in [-0.3, -0.25) is 9.59 Å². The molecular formula is C23H25N3O6S. The summed E-state index contributed by atoms with van der Waals surface area (Å²) in [4.78, 5) is 25.8. The normalized spacial score (nSPS) is 16.8. The first-order chi connectivity index (χ1) is 15.8. The first-order valence-corrected chi connectivity index (χ1v) is 11.9. The standard InChI is InChI=1S/C23H25N3O6S/c1-16-13-19-20(32-15-22(27)24-19)14-21(16)33(29,30)26-11-9-25(10-12-26)23(28)8-5-17-3-6-18(31-2)7-4-17/h3-8,13-14H,9-12,15H2,1-2H3,(H,24,27). The monoisotopic (exact) mass is 471 g/mol. The average molecular weight is 472 g/mol. The van der Waals surface area contributed by atoms with Crippen molar-refractivity contribution in [3.05, 3.63) is 53.6 Å². The summed E-state index contributed by atoms with van der Waals surface area (Å²) in [5.41, 5.74) is 1.84. The zero-order valence-electron chi connectivity index (χ0n) is 18.4. The molecule has 0 saturated carbocycles. The number of ether oxygens (including phenoxy) is 2. The highest BCUT2D eigenvalue weighted by Crippen LogP contribution is 2.34. The Balaban J connectivity index is 1.41. The topological polar surface area (TPSA) is 105 Å². The minimum Gasteiger partial charge on any atom is -0.497 e. The lowest BCUT2D eigenvalue weighted by molar-refractivity contribution is -0.127. The van der Waals surface area contributed by atoms with Gasteiger partial charge in [-0.1, -0.05) is 12.1 Å². The van der Waals surface area contributed by atoms with Crippen LogP contribution in [0.3, 0.4) is 0 Å². The van der Waals surface area contributed by atoms with E-state index in [0.717, 1.165) is 11.3 Å². The van der Waals surface area contributed by atoms with Gasteiger partial charge < -0.3 is 19.7 Å². The third-order valence-corrected chi connectivity index (χ3v) is 7.65. The second-order valence-corrected chi connectivity index (χ2v) is 9.69. The quantitative estimate of drug-likeness (QED) is 0.668. The largest absolute Gasteiger partial charge is 0.497 e. The number of amides is 2. The van der Waals surface area contributed by atoms with Crippen LogP contribution in [0.2, 0.25) is 0 Å². The molecule has 1 saturated heterocycles. The number of aryl methyl sites for hydroxylation is 1. The van der Waals surface area contributed by atoms with E-state index < -0.39 is 10.0 Å². The summed E-state index contributed by atoms with van der Waals surface area (Å²) in [6.45, 7) is 2.50. The lowest BCUT2D eigenvalue weighted by Crippen LogP contribution is -2.50. The number of fused-ring (bicyclic) bond motifs is 1. The Hall–Kier alpha value is -3.37. The van der Waals surface area contributed by atoms with E-state index in [-0.39, 0.29) is 36.4 Å². The van der Waals surface area contributed by atoms with Crippen molar-refractivity contribution in [2.45, 2.75) is 11.8 Å². The van der Waals surface area contributed by atoms with Crippen LogP contribution in [-0.2, 0) is 19.6 Å². The molecular weight excluding hydrogens is 446 g/mol. The molecule has 2 aliphatic rings. The molecule has 2 amide bonds. The predicted octanol–water partition coefficient (Wildman–Crippen LogP) is 1.88. The number of nitrogens with zero attached hydrogens (tertiary/aromatic N) is 2. The van der Waals surface area contributed by atoms with Crippen LogP contribution in [0.25, 0.3) is 6.08 Å². The summed E-state index contributed by atoms with van der Waals surface area (Å²) in [5.74, 6) is 0.619. The molecule has 0 radical (unpaired) electrons. The summed E-state index contributed by atoms with van der Waals surface area (Å²) < 4.78 is 38.4. The zero-order chi connectivity index (χ0) is 23.6. The van der Waals surface area contributed by atoms with Crippen molar-refractivity contribution in [1.82, 2.24) is 9.21 Å². The third-order valence-electron chi connectivity index (χ3n) is 5.61. The van der Waals surface area contributed by atoms with Crippen LogP contribution in [-0.4, -0.2) is 69.3 Å². The third kappa shape index (κ3) is 4.86. The predicted molar refractivity (Wildman–Crippen MR) is 123 cm³/mol. The number of hydrogen-bond acceptors (Lipinski definition) is 6. The summed E-state index contributed by atoms with van der Waals surface area (Å²) >= 11 is 0. The maximum Gasteiger partial charge on any atom is 0.262 e. The molecule has 0 aromatic heterocycles. The molecule has 0 unspecified atom stereocenters. The Morgan fingerprint density at radius 2 is 1.82 bits per heavy atom. The Morgan fingerprint density at radius 1 is 1.12 bits per heavy atom. The molecule has 0 spiro atoms.